The van der Waals surface area contributed by atoms with Gasteiger partial charge in [-0.15, -0.1) is 0 Å². The number of carbonyl (C=O) groups is 3. The summed E-state index contributed by atoms with van der Waals surface area (Å²) in [6, 6.07) is 7.77. The Bertz CT molecular complexity index is 947. The largest absolute Gasteiger partial charge is 0.480 e. The van der Waals surface area contributed by atoms with Gasteiger partial charge in [0.05, 0.1) is 5.75 Å². The molecule has 0 atom stereocenters. The number of carbonyl (C=O) groups excluding carboxylic acids is 2. The Morgan fingerprint density at radius 3 is 2.29 bits per heavy atom. The number of amides is 2. The molecule has 31 heavy (non-hydrogen) atoms. The van der Waals surface area contributed by atoms with Gasteiger partial charge < -0.3 is 15.3 Å². The smallest absolute Gasteiger partial charge is 0.322 e. The highest BCUT2D eigenvalue weighted by Crippen LogP contribution is 2.16. The number of sulfone groups is 1. The van der Waals surface area contributed by atoms with Crippen LogP contribution in [0.25, 0.3) is 0 Å². The highest BCUT2D eigenvalue weighted by atomic mass is 32.2. The zero-order valence-corrected chi connectivity index (χ0v) is 19.1. The van der Waals surface area contributed by atoms with E-state index in [-0.39, 0.29) is 29.2 Å². The van der Waals surface area contributed by atoms with Gasteiger partial charge in [-0.3, -0.25) is 14.4 Å². The third-order valence-corrected chi connectivity index (χ3v) is 6.12. The summed E-state index contributed by atoms with van der Waals surface area (Å²) in [5.41, 5.74) is 2.41. The van der Waals surface area contributed by atoms with Crippen LogP contribution in [0.15, 0.2) is 47.7 Å². The second-order valence-electron chi connectivity index (χ2n) is 7.46. The monoisotopic (exact) mass is 450 g/mol. The summed E-state index contributed by atoms with van der Waals surface area (Å²) in [5, 5.41) is 10.9. The first-order chi connectivity index (χ1) is 14.5. The van der Waals surface area contributed by atoms with E-state index >= 15 is 0 Å². The molecule has 2 amide bonds. The van der Waals surface area contributed by atoms with Crippen LogP contribution in [0.3, 0.4) is 0 Å². The van der Waals surface area contributed by atoms with Gasteiger partial charge in [0.15, 0.2) is 9.84 Å². The van der Waals surface area contributed by atoms with Gasteiger partial charge in [0.1, 0.15) is 6.54 Å². The maximum absolute atomic E-state index is 12.2. The Balaban J connectivity index is 3.16. The number of benzene rings is 1. The summed E-state index contributed by atoms with van der Waals surface area (Å²) in [6.07, 6.45) is 3.33. The summed E-state index contributed by atoms with van der Waals surface area (Å²) < 4.78 is 24.3. The SMILES string of the molecule is CCS(=O)(=O)CC(=C/N(C=O)Cc1ccc(C(C)C)cc1)/C=C(\C)C(=O)NCC(=O)O. The van der Waals surface area contributed by atoms with E-state index in [9.17, 15) is 22.8 Å². The number of allylic oxidation sites excluding steroid dienone is 1. The van der Waals surface area contributed by atoms with Crippen LogP contribution in [0.1, 0.15) is 44.7 Å². The van der Waals surface area contributed by atoms with Crippen LogP contribution in [0, 0.1) is 0 Å². The molecule has 0 aliphatic heterocycles. The van der Waals surface area contributed by atoms with Gasteiger partial charge in [-0.05, 0) is 35.6 Å². The minimum Gasteiger partial charge on any atom is -0.480 e. The molecule has 0 spiro atoms. The van der Waals surface area contributed by atoms with Crippen LogP contribution >= 0.6 is 0 Å². The van der Waals surface area contributed by atoms with Crippen molar-refractivity contribution >= 4 is 28.1 Å². The van der Waals surface area contributed by atoms with Crippen molar-refractivity contribution in [2.24, 2.45) is 0 Å². The zero-order valence-electron chi connectivity index (χ0n) is 18.3. The van der Waals surface area contributed by atoms with Crippen molar-refractivity contribution in [2.75, 3.05) is 18.1 Å². The van der Waals surface area contributed by atoms with E-state index in [1.807, 2.05) is 24.3 Å². The lowest BCUT2D eigenvalue weighted by atomic mass is 10.0. The normalized spacial score (nSPS) is 12.5. The van der Waals surface area contributed by atoms with Crippen LogP contribution in [0.5, 0.6) is 0 Å². The van der Waals surface area contributed by atoms with E-state index in [2.05, 4.69) is 19.2 Å². The molecule has 0 aromatic heterocycles. The third-order valence-electron chi connectivity index (χ3n) is 4.47. The first-order valence-electron chi connectivity index (χ1n) is 9.86. The average molecular weight is 451 g/mol. The maximum atomic E-state index is 12.2. The topological polar surface area (TPSA) is 121 Å². The van der Waals surface area contributed by atoms with Crippen LogP contribution in [0.2, 0.25) is 0 Å². The molecule has 0 saturated heterocycles. The van der Waals surface area contributed by atoms with Crippen molar-refractivity contribution < 1.29 is 27.9 Å². The Labute approximate surface area is 183 Å². The molecule has 1 aromatic rings. The minimum absolute atomic E-state index is 0.0970. The van der Waals surface area contributed by atoms with Crippen LogP contribution in [-0.2, 0) is 30.8 Å². The van der Waals surface area contributed by atoms with E-state index in [0.29, 0.717) is 12.3 Å². The second-order valence-corrected chi connectivity index (χ2v) is 9.81. The molecule has 1 rings (SSSR count). The van der Waals surface area contributed by atoms with E-state index in [0.717, 1.165) is 11.1 Å². The lowest BCUT2D eigenvalue weighted by Gasteiger charge is -2.16. The minimum atomic E-state index is -3.44. The van der Waals surface area contributed by atoms with Crippen LogP contribution in [0.4, 0.5) is 0 Å². The third kappa shape index (κ3) is 9.61. The first-order valence-corrected chi connectivity index (χ1v) is 11.7. The molecule has 9 heteroatoms. The van der Waals surface area contributed by atoms with Gasteiger partial charge in [-0.2, -0.15) is 0 Å². The number of carboxylic acid groups (broad SMARTS) is 1. The Hall–Kier alpha value is -2.94. The van der Waals surface area contributed by atoms with E-state index in [1.54, 1.807) is 0 Å². The van der Waals surface area contributed by atoms with Crippen molar-refractivity contribution in [1.82, 2.24) is 10.2 Å². The number of nitrogens with zero attached hydrogens (tertiary/aromatic N) is 1. The fraction of sp³-hybridized carbons (Fsp3) is 0.409. The van der Waals surface area contributed by atoms with E-state index < -0.39 is 28.3 Å². The standard InChI is InChI=1S/C22H30N2O6S/c1-5-31(29,30)14-19(10-17(4)22(28)23-11-21(26)27)13-24(15-25)12-18-6-8-20(9-7-18)16(2)3/h6-10,13,15-16H,5,11-12,14H2,1-4H3,(H,23,28)(H,26,27)/b17-10+,19-13+. The summed E-state index contributed by atoms with van der Waals surface area (Å²) in [7, 11) is -3.44. The van der Waals surface area contributed by atoms with Crippen molar-refractivity contribution in [3.05, 3.63) is 58.8 Å². The zero-order chi connectivity index (χ0) is 23.6. The molecule has 0 unspecified atom stereocenters. The van der Waals surface area contributed by atoms with Crippen molar-refractivity contribution in [3.8, 4) is 0 Å². The molecule has 0 fully saturated rings. The molecule has 2 N–H and O–H groups in total. The van der Waals surface area contributed by atoms with Crippen LogP contribution in [-0.4, -0.2) is 54.8 Å². The molecule has 0 radical (unpaired) electrons. The number of carboxylic acids is 1. The van der Waals surface area contributed by atoms with E-state index in [1.165, 1.54) is 31.0 Å². The summed E-state index contributed by atoms with van der Waals surface area (Å²) in [6.45, 7) is 6.80. The summed E-state index contributed by atoms with van der Waals surface area (Å²) >= 11 is 0. The molecule has 1 aromatic carbocycles. The molecule has 8 nitrogen and oxygen atoms in total. The average Bonchev–Trinajstić information content (AvgIpc) is 2.71. The van der Waals surface area contributed by atoms with Crippen LogP contribution < -0.4 is 5.32 Å². The van der Waals surface area contributed by atoms with Gasteiger partial charge >= 0.3 is 5.97 Å². The molecular weight excluding hydrogens is 420 g/mol. The number of nitrogens with one attached hydrogen (secondary N) is 1. The van der Waals surface area contributed by atoms with Gasteiger partial charge in [0.2, 0.25) is 12.3 Å². The lowest BCUT2D eigenvalue weighted by molar-refractivity contribution is -0.137. The van der Waals surface area contributed by atoms with Gasteiger partial charge in [-0.1, -0.05) is 45.0 Å². The van der Waals surface area contributed by atoms with E-state index in [4.69, 9.17) is 5.11 Å². The maximum Gasteiger partial charge on any atom is 0.322 e. The Kier molecular flexibility index (Phi) is 10.1. The van der Waals surface area contributed by atoms with Gasteiger partial charge in [0, 0.05) is 24.1 Å². The number of rotatable bonds is 12. The number of hydrogen-bond acceptors (Lipinski definition) is 5. The first kappa shape index (κ1) is 26.1. The molecule has 0 aliphatic carbocycles. The summed E-state index contributed by atoms with van der Waals surface area (Å²) in [4.78, 5) is 35.6. The fourth-order valence-corrected chi connectivity index (χ4v) is 3.53. The predicted molar refractivity (Wildman–Crippen MR) is 119 cm³/mol. The highest BCUT2D eigenvalue weighted by molar-refractivity contribution is 7.91. The molecule has 0 aliphatic rings. The molecule has 0 heterocycles. The Morgan fingerprint density at radius 2 is 1.81 bits per heavy atom. The highest BCUT2D eigenvalue weighted by Gasteiger charge is 2.14. The van der Waals surface area contributed by atoms with Crippen molar-refractivity contribution in [1.29, 1.82) is 0 Å². The van der Waals surface area contributed by atoms with Gasteiger partial charge in [-0.25, -0.2) is 8.42 Å². The van der Waals surface area contributed by atoms with Crippen molar-refractivity contribution in [2.45, 2.75) is 40.2 Å². The Morgan fingerprint density at radius 1 is 1.19 bits per heavy atom. The molecule has 170 valence electrons. The molecule has 0 saturated carbocycles. The number of aliphatic carboxylic acids is 1. The fourth-order valence-electron chi connectivity index (χ4n) is 2.66. The quantitative estimate of drug-likeness (QED) is 0.286. The second kappa shape index (κ2) is 12.0. The lowest BCUT2D eigenvalue weighted by Crippen LogP contribution is -2.30. The summed E-state index contributed by atoms with van der Waals surface area (Å²) in [5.74, 6) is -1.91. The van der Waals surface area contributed by atoms with Gasteiger partial charge in [0.25, 0.3) is 0 Å². The molecule has 0 bridgehead atoms. The van der Waals surface area contributed by atoms with Crippen molar-refractivity contribution in [3.63, 3.8) is 0 Å². The number of hydrogen-bond donors (Lipinski definition) is 2. The molecular formula is C22H30N2O6S. The predicted octanol–water partition coefficient (Wildman–Crippen LogP) is 2.23.